The number of allylic oxidation sites excluding steroid dienone is 20. The van der Waals surface area contributed by atoms with Crippen LogP contribution in [0, 0.1) is 0 Å². The van der Waals surface area contributed by atoms with Crippen LogP contribution >= 0.6 is 0 Å². The predicted octanol–water partition coefficient (Wildman–Crippen LogP) is 22.6. The maximum atomic E-state index is 12.3. The van der Waals surface area contributed by atoms with Crippen molar-refractivity contribution in [3.63, 3.8) is 0 Å². The molecule has 440 valence electrons. The summed E-state index contributed by atoms with van der Waals surface area (Å²) < 4.78 is 10.7. The van der Waals surface area contributed by atoms with Crippen LogP contribution in [0.3, 0.4) is 0 Å². The average molecular weight is 1070 g/mol. The lowest BCUT2D eigenvalue weighted by Gasteiger charge is -2.15. The van der Waals surface area contributed by atoms with Gasteiger partial charge in [0.2, 0.25) is 0 Å². The van der Waals surface area contributed by atoms with E-state index in [4.69, 9.17) is 9.47 Å². The van der Waals surface area contributed by atoms with E-state index in [-0.39, 0.29) is 25.2 Å². The molecule has 0 amide bonds. The normalized spacial score (nSPS) is 13.0. The molecule has 5 nitrogen and oxygen atoms in total. The number of aliphatic hydroxyl groups excluding tert-OH is 1. The minimum Gasteiger partial charge on any atom is -0.462 e. The van der Waals surface area contributed by atoms with Crippen molar-refractivity contribution >= 4 is 11.9 Å². The summed E-state index contributed by atoms with van der Waals surface area (Å²) in [7, 11) is 0. The molecule has 0 aromatic heterocycles. The first-order valence-electron chi connectivity index (χ1n) is 32.6. The van der Waals surface area contributed by atoms with E-state index in [1.807, 2.05) is 0 Å². The van der Waals surface area contributed by atoms with Crippen LogP contribution < -0.4 is 0 Å². The summed E-state index contributed by atoms with van der Waals surface area (Å²) in [5, 5.41) is 9.68. The zero-order valence-corrected chi connectivity index (χ0v) is 50.4. The molecule has 5 heteroatoms. The van der Waals surface area contributed by atoms with Crippen LogP contribution in [0.25, 0.3) is 0 Å². The number of carbonyl (C=O) groups excluding carboxylic acids is 2. The maximum Gasteiger partial charge on any atom is 0.306 e. The number of carbonyl (C=O) groups is 2. The molecule has 0 radical (unpaired) electrons. The third kappa shape index (κ3) is 64.7. The third-order valence-electron chi connectivity index (χ3n) is 14.0. The fourth-order valence-corrected chi connectivity index (χ4v) is 9.17. The van der Waals surface area contributed by atoms with Gasteiger partial charge in [-0.2, -0.15) is 0 Å². The Morgan fingerprint density at radius 1 is 0.312 bits per heavy atom. The molecule has 0 aliphatic heterocycles. The van der Waals surface area contributed by atoms with Crippen LogP contribution in [0.15, 0.2) is 122 Å². The molecule has 0 aromatic carbocycles. The molecular weight excluding hydrogens is 945 g/mol. The van der Waals surface area contributed by atoms with Crippen molar-refractivity contribution < 1.29 is 24.2 Å². The van der Waals surface area contributed by atoms with Crippen molar-refractivity contribution in [2.45, 2.75) is 309 Å². The number of esters is 2. The molecule has 1 N–H and O–H groups in total. The van der Waals surface area contributed by atoms with Crippen molar-refractivity contribution in [3.8, 4) is 0 Å². The molecule has 0 aliphatic carbocycles. The van der Waals surface area contributed by atoms with Gasteiger partial charge >= 0.3 is 11.9 Å². The lowest BCUT2D eigenvalue weighted by molar-refractivity contribution is -0.161. The summed E-state index contributed by atoms with van der Waals surface area (Å²) in [5.74, 6) is -0.615. The number of aliphatic hydroxyl groups is 1. The molecule has 0 saturated carbocycles. The van der Waals surface area contributed by atoms with Gasteiger partial charge in [-0.1, -0.05) is 322 Å². The number of unbranched alkanes of at least 4 members (excludes halogenated alkanes) is 31. The monoisotopic (exact) mass is 1070 g/mol. The summed E-state index contributed by atoms with van der Waals surface area (Å²) in [6, 6.07) is 0. The van der Waals surface area contributed by atoms with Gasteiger partial charge in [-0.3, -0.25) is 9.59 Å². The summed E-state index contributed by atoms with van der Waals surface area (Å²) in [6.07, 6.45) is 97.7. The molecule has 0 saturated heterocycles. The van der Waals surface area contributed by atoms with Gasteiger partial charge in [-0.25, -0.2) is 0 Å². The smallest absolute Gasteiger partial charge is 0.306 e. The number of hydrogen-bond acceptors (Lipinski definition) is 5. The number of hydrogen-bond donors (Lipinski definition) is 1. The van der Waals surface area contributed by atoms with Gasteiger partial charge in [-0.15, -0.1) is 0 Å². The van der Waals surface area contributed by atoms with Crippen LogP contribution in [0.2, 0.25) is 0 Å². The molecule has 1 unspecified atom stereocenters. The van der Waals surface area contributed by atoms with E-state index in [0.29, 0.717) is 12.8 Å². The zero-order chi connectivity index (χ0) is 55.5. The van der Waals surface area contributed by atoms with E-state index in [2.05, 4.69) is 135 Å². The Hall–Kier alpha value is -3.70. The van der Waals surface area contributed by atoms with Gasteiger partial charge in [0.05, 0.1) is 6.61 Å². The second-order valence-corrected chi connectivity index (χ2v) is 21.5. The summed E-state index contributed by atoms with van der Waals surface area (Å²) >= 11 is 0. The van der Waals surface area contributed by atoms with Gasteiger partial charge < -0.3 is 14.6 Å². The number of ether oxygens (including phenoxy) is 2. The van der Waals surface area contributed by atoms with Gasteiger partial charge in [0, 0.05) is 12.8 Å². The Morgan fingerprint density at radius 3 is 0.844 bits per heavy atom. The van der Waals surface area contributed by atoms with E-state index >= 15 is 0 Å². The molecule has 0 heterocycles. The second kappa shape index (κ2) is 66.6. The molecule has 0 rings (SSSR count). The first-order chi connectivity index (χ1) is 38.1. The van der Waals surface area contributed by atoms with Crippen LogP contribution in [-0.4, -0.2) is 36.4 Å². The average Bonchev–Trinajstić information content (AvgIpc) is 3.43. The Morgan fingerprint density at radius 2 is 0.558 bits per heavy atom. The minimum absolute atomic E-state index is 0.0801. The SMILES string of the molecule is CC/C=C\C/C=C\C/C=C\C/C=C\C/C=C\C/C=C\C/C=C\C/C=C\C/C=C\C/C=C\CCCCCCC(=O)OC(CO)COC(=O)CCCCCCCCCCCCCCCCCCCCCCCCCCCCCC. The van der Waals surface area contributed by atoms with Crippen molar-refractivity contribution in [2.75, 3.05) is 13.2 Å². The molecule has 77 heavy (non-hydrogen) atoms. The summed E-state index contributed by atoms with van der Waals surface area (Å²) in [5.41, 5.74) is 0. The zero-order valence-electron chi connectivity index (χ0n) is 50.4. The topological polar surface area (TPSA) is 72.8 Å². The van der Waals surface area contributed by atoms with Crippen LogP contribution in [0.4, 0.5) is 0 Å². The fraction of sp³-hybridized carbons (Fsp3) is 0.694. The standard InChI is InChI=1S/C72H122O5/c1-3-5-7-9-11-13-15-17-19-21-23-25-27-29-31-33-34-35-36-37-38-39-41-43-45-47-49-51-53-55-57-59-61-63-65-67-72(75)77-70(68-73)69-76-71(74)66-64-62-60-58-56-54-52-50-48-46-44-42-40-32-30-28-26-24-22-20-18-16-14-12-10-8-6-4-2/h5,7,11,13,17,19,23,25,29,31,34-35,37-38,41,43,47,49,53,55,70,73H,3-4,6,8-10,12,14-16,18,20-22,24,26-28,30,32-33,36,39-40,42,44-46,48,50-52,54,56-69H2,1-2H3/b7-5-,13-11-,19-17-,25-23-,31-29-,35-34-,38-37-,43-41-,49-47-,55-53-. The highest BCUT2D eigenvalue weighted by molar-refractivity contribution is 5.70. The molecule has 0 spiro atoms. The Balaban J connectivity index is 3.57. The van der Waals surface area contributed by atoms with Gasteiger partial charge in [-0.05, 0) is 89.9 Å². The molecule has 0 aliphatic rings. The highest BCUT2D eigenvalue weighted by atomic mass is 16.6. The Bertz CT molecular complexity index is 1540. The fourth-order valence-electron chi connectivity index (χ4n) is 9.17. The summed E-state index contributed by atoms with van der Waals surface area (Å²) in [4.78, 5) is 24.6. The van der Waals surface area contributed by atoms with Crippen LogP contribution in [-0.2, 0) is 19.1 Å². The Kier molecular flexibility index (Phi) is 63.4. The van der Waals surface area contributed by atoms with Crippen LogP contribution in [0.1, 0.15) is 303 Å². The van der Waals surface area contributed by atoms with Crippen molar-refractivity contribution in [1.29, 1.82) is 0 Å². The van der Waals surface area contributed by atoms with E-state index < -0.39 is 6.10 Å². The van der Waals surface area contributed by atoms with Crippen LogP contribution in [0.5, 0.6) is 0 Å². The van der Waals surface area contributed by atoms with Crippen molar-refractivity contribution in [3.05, 3.63) is 122 Å². The molecule has 0 fully saturated rings. The Labute approximate surface area is 477 Å². The molecule has 0 aromatic rings. The minimum atomic E-state index is -0.794. The first-order valence-corrected chi connectivity index (χ1v) is 32.6. The van der Waals surface area contributed by atoms with E-state index in [1.165, 1.54) is 161 Å². The van der Waals surface area contributed by atoms with Crippen molar-refractivity contribution in [1.82, 2.24) is 0 Å². The molecule has 0 bridgehead atoms. The molecular formula is C72H122O5. The largest absolute Gasteiger partial charge is 0.462 e. The van der Waals surface area contributed by atoms with Crippen molar-refractivity contribution in [2.24, 2.45) is 0 Å². The van der Waals surface area contributed by atoms with E-state index in [9.17, 15) is 14.7 Å². The maximum absolute atomic E-state index is 12.3. The predicted molar refractivity (Wildman–Crippen MR) is 338 cm³/mol. The first kappa shape index (κ1) is 73.3. The highest BCUT2D eigenvalue weighted by Crippen LogP contribution is 2.17. The van der Waals surface area contributed by atoms with Gasteiger partial charge in [0.15, 0.2) is 6.10 Å². The van der Waals surface area contributed by atoms with E-state index in [0.717, 1.165) is 116 Å². The van der Waals surface area contributed by atoms with Gasteiger partial charge in [0.25, 0.3) is 0 Å². The van der Waals surface area contributed by atoms with Gasteiger partial charge in [0.1, 0.15) is 6.61 Å². The summed E-state index contributed by atoms with van der Waals surface area (Å²) in [6.45, 7) is 4.03. The van der Waals surface area contributed by atoms with E-state index in [1.54, 1.807) is 0 Å². The lowest BCUT2D eigenvalue weighted by Crippen LogP contribution is -2.28. The lowest BCUT2D eigenvalue weighted by atomic mass is 10.0. The third-order valence-corrected chi connectivity index (χ3v) is 14.0. The second-order valence-electron chi connectivity index (χ2n) is 21.5. The molecule has 1 atom stereocenters. The quantitative estimate of drug-likeness (QED) is 0.0373. The highest BCUT2D eigenvalue weighted by Gasteiger charge is 2.16. The number of rotatable bonds is 59.